The van der Waals surface area contributed by atoms with Crippen molar-refractivity contribution in [3.05, 3.63) is 51.6 Å². The van der Waals surface area contributed by atoms with Crippen LogP contribution in [-0.2, 0) is 11.2 Å². The Kier molecular flexibility index (Phi) is 4.92. The average Bonchev–Trinajstić information content (AvgIpc) is 3.42. The maximum absolute atomic E-state index is 12.9. The minimum absolute atomic E-state index is 0.0692. The molecule has 2 aliphatic carbocycles. The van der Waals surface area contributed by atoms with Gasteiger partial charge in [0.1, 0.15) is 0 Å². The number of H-pyrrole nitrogens is 1. The molecule has 0 aromatic carbocycles. The number of pyridine rings is 1. The molecule has 2 fully saturated rings. The van der Waals surface area contributed by atoms with Crippen LogP contribution in [0, 0.1) is 11.8 Å². The molecule has 0 radical (unpaired) electrons. The smallest absolute Gasteiger partial charge is 0.222 e. The predicted molar refractivity (Wildman–Crippen MR) is 119 cm³/mol. The zero-order valence-electron chi connectivity index (χ0n) is 18.0. The standard InChI is InChI=1S/C25H31N3O2/c1-16-3-6-21-19(7-10-26-21)25-20(13-16)23(29)9-12-28(25)22-15-27(11-8-17(22)2)24(30)14-18-4-5-18/h7,9-10,12-13,17-18,22,26H,3-6,8,11,14-15H2,1-2H3/b16-13+/t17-,22+/m1/s1. The lowest BCUT2D eigenvalue weighted by molar-refractivity contribution is -0.133. The molecule has 158 valence electrons. The van der Waals surface area contributed by atoms with E-state index in [-0.39, 0.29) is 11.5 Å². The number of likely N-dealkylation sites (tertiary alicyclic amines) is 1. The maximum Gasteiger partial charge on any atom is 0.222 e. The first-order chi connectivity index (χ1) is 14.5. The zero-order valence-corrected chi connectivity index (χ0v) is 18.0. The summed E-state index contributed by atoms with van der Waals surface area (Å²) >= 11 is 0. The highest BCUT2D eigenvalue weighted by molar-refractivity contribution is 5.77. The van der Waals surface area contributed by atoms with Crippen molar-refractivity contribution in [1.29, 1.82) is 0 Å². The SMILES string of the molecule is C/C1=C\c2c(n([C@H]3CN(C(=O)CC4CC4)CC[C@H]3C)ccc2=O)-c2cc[nH]c2CC1. The molecule has 0 unspecified atom stereocenters. The van der Waals surface area contributed by atoms with E-state index in [1.807, 2.05) is 12.4 Å². The van der Waals surface area contributed by atoms with E-state index < -0.39 is 0 Å². The van der Waals surface area contributed by atoms with Crippen molar-refractivity contribution >= 4 is 12.0 Å². The summed E-state index contributed by atoms with van der Waals surface area (Å²) in [5.74, 6) is 1.36. The summed E-state index contributed by atoms with van der Waals surface area (Å²) in [7, 11) is 0. The van der Waals surface area contributed by atoms with Gasteiger partial charge in [0.15, 0.2) is 5.43 Å². The van der Waals surface area contributed by atoms with Crippen LogP contribution in [0.25, 0.3) is 17.3 Å². The molecule has 3 heterocycles. The van der Waals surface area contributed by atoms with Crippen LogP contribution in [0.15, 0.2) is 34.9 Å². The number of aromatic amines is 1. The summed E-state index contributed by atoms with van der Waals surface area (Å²) in [5, 5.41) is 0. The van der Waals surface area contributed by atoms with Crippen LogP contribution in [0.3, 0.4) is 0 Å². The molecule has 2 aromatic rings. The molecule has 1 N–H and O–H groups in total. The van der Waals surface area contributed by atoms with Crippen molar-refractivity contribution in [2.45, 2.75) is 58.4 Å². The van der Waals surface area contributed by atoms with Gasteiger partial charge in [-0.05, 0) is 63.0 Å². The third kappa shape index (κ3) is 3.55. The summed E-state index contributed by atoms with van der Waals surface area (Å²) in [6.45, 7) is 5.96. The van der Waals surface area contributed by atoms with Crippen molar-refractivity contribution in [3.63, 3.8) is 0 Å². The van der Waals surface area contributed by atoms with E-state index in [0.717, 1.165) is 49.2 Å². The lowest BCUT2D eigenvalue weighted by atomic mass is 9.90. The minimum atomic E-state index is 0.0692. The van der Waals surface area contributed by atoms with E-state index >= 15 is 0 Å². The molecule has 1 aliphatic heterocycles. The van der Waals surface area contributed by atoms with Gasteiger partial charge in [0.2, 0.25) is 5.91 Å². The second-order valence-corrected chi connectivity index (χ2v) is 9.53. The number of piperidine rings is 1. The second kappa shape index (κ2) is 7.60. The number of nitrogens with one attached hydrogen (secondary N) is 1. The van der Waals surface area contributed by atoms with E-state index in [1.165, 1.54) is 24.1 Å². The Hall–Kier alpha value is -2.56. The van der Waals surface area contributed by atoms with Crippen LogP contribution in [0.5, 0.6) is 0 Å². The van der Waals surface area contributed by atoms with Gasteiger partial charge in [0.05, 0.1) is 11.7 Å². The average molecular weight is 406 g/mol. The molecule has 1 saturated heterocycles. The summed E-state index contributed by atoms with van der Waals surface area (Å²) in [6, 6.07) is 3.98. The van der Waals surface area contributed by atoms with Crippen LogP contribution in [0.1, 0.15) is 63.3 Å². The van der Waals surface area contributed by atoms with Crippen molar-refractivity contribution in [2.75, 3.05) is 13.1 Å². The Morgan fingerprint density at radius 1 is 1.20 bits per heavy atom. The summed E-state index contributed by atoms with van der Waals surface area (Å²) in [6.07, 6.45) is 12.0. The van der Waals surface area contributed by atoms with E-state index in [4.69, 9.17) is 0 Å². The molecule has 2 atom stereocenters. The first-order valence-electron chi connectivity index (χ1n) is 11.4. The predicted octanol–water partition coefficient (Wildman–Crippen LogP) is 4.40. The Bertz CT molecular complexity index is 1060. The number of carbonyl (C=O) groups is 1. The number of hydrogen-bond donors (Lipinski definition) is 1. The molecule has 0 spiro atoms. The lowest BCUT2D eigenvalue weighted by Gasteiger charge is -2.40. The number of hydrogen-bond acceptors (Lipinski definition) is 2. The number of rotatable bonds is 3. The Morgan fingerprint density at radius 3 is 2.83 bits per heavy atom. The third-order valence-electron chi connectivity index (χ3n) is 7.20. The molecule has 1 saturated carbocycles. The van der Waals surface area contributed by atoms with Gasteiger partial charge in [-0.15, -0.1) is 0 Å². The fraction of sp³-hybridized carbons (Fsp3) is 0.520. The topological polar surface area (TPSA) is 58.1 Å². The molecule has 5 heteroatoms. The Labute approximate surface area is 177 Å². The fourth-order valence-corrected chi connectivity index (χ4v) is 5.08. The summed E-state index contributed by atoms with van der Waals surface area (Å²) in [5.41, 5.74) is 5.40. The minimum Gasteiger partial charge on any atom is -0.364 e. The highest BCUT2D eigenvalue weighted by Gasteiger charge is 2.34. The summed E-state index contributed by atoms with van der Waals surface area (Å²) < 4.78 is 2.29. The number of carbonyl (C=O) groups excluding carboxylic acids is 1. The first-order valence-corrected chi connectivity index (χ1v) is 11.4. The molecule has 5 nitrogen and oxygen atoms in total. The molecule has 2 aromatic heterocycles. The van der Waals surface area contributed by atoms with Gasteiger partial charge in [-0.1, -0.05) is 12.5 Å². The van der Waals surface area contributed by atoms with Crippen molar-refractivity contribution < 1.29 is 4.79 Å². The maximum atomic E-state index is 12.9. The lowest BCUT2D eigenvalue weighted by Crippen LogP contribution is -2.44. The highest BCUT2D eigenvalue weighted by Crippen LogP contribution is 2.38. The van der Waals surface area contributed by atoms with Crippen molar-refractivity contribution in [3.8, 4) is 11.3 Å². The number of nitrogens with zero attached hydrogens (tertiary/aromatic N) is 2. The molecule has 0 bridgehead atoms. The Morgan fingerprint density at radius 2 is 2.03 bits per heavy atom. The molecule has 1 amide bonds. The Balaban J connectivity index is 1.59. The van der Waals surface area contributed by atoms with Gasteiger partial charge in [0, 0.05) is 54.8 Å². The number of allylic oxidation sites excluding steroid dienone is 1. The first kappa shape index (κ1) is 19.4. The van der Waals surface area contributed by atoms with E-state index in [0.29, 0.717) is 24.2 Å². The van der Waals surface area contributed by atoms with Crippen LogP contribution in [0.4, 0.5) is 0 Å². The highest BCUT2D eigenvalue weighted by atomic mass is 16.2. The fourth-order valence-electron chi connectivity index (χ4n) is 5.08. The summed E-state index contributed by atoms with van der Waals surface area (Å²) in [4.78, 5) is 31.2. The van der Waals surface area contributed by atoms with Gasteiger partial charge >= 0.3 is 0 Å². The third-order valence-corrected chi connectivity index (χ3v) is 7.20. The van der Waals surface area contributed by atoms with Crippen LogP contribution in [-0.4, -0.2) is 33.4 Å². The molecular formula is C25H31N3O2. The van der Waals surface area contributed by atoms with E-state index in [1.54, 1.807) is 6.07 Å². The van der Waals surface area contributed by atoms with Gasteiger partial charge < -0.3 is 14.5 Å². The quantitative estimate of drug-likeness (QED) is 0.823. The van der Waals surface area contributed by atoms with E-state index in [9.17, 15) is 9.59 Å². The molecule has 5 rings (SSSR count). The van der Waals surface area contributed by atoms with Gasteiger partial charge in [-0.25, -0.2) is 0 Å². The normalized spacial score (nSPS) is 25.5. The monoisotopic (exact) mass is 405 g/mol. The van der Waals surface area contributed by atoms with Gasteiger partial charge in [0.25, 0.3) is 0 Å². The van der Waals surface area contributed by atoms with Crippen molar-refractivity contribution in [2.24, 2.45) is 11.8 Å². The molecular weight excluding hydrogens is 374 g/mol. The number of aryl methyl sites for hydroxylation is 1. The second-order valence-electron chi connectivity index (χ2n) is 9.53. The molecule has 3 aliphatic rings. The molecule has 30 heavy (non-hydrogen) atoms. The number of aromatic nitrogens is 2. The largest absolute Gasteiger partial charge is 0.364 e. The van der Waals surface area contributed by atoms with Crippen molar-refractivity contribution in [1.82, 2.24) is 14.5 Å². The van der Waals surface area contributed by atoms with Crippen LogP contribution < -0.4 is 5.43 Å². The van der Waals surface area contributed by atoms with Crippen LogP contribution >= 0.6 is 0 Å². The van der Waals surface area contributed by atoms with Gasteiger partial charge in [-0.3, -0.25) is 9.59 Å². The zero-order chi connectivity index (χ0) is 20.8. The number of fused-ring (bicyclic) bond motifs is 3. The van der Waals surface area contributed by atoms with Gasteiger partial charge in [-0.2, -0.15) is 0 Å². The van der Waals surface area contributed by atoms with E-state index in [2.05, 4.69) is 40.4 Å². The van der Waals surface area contributed by atoms with Crippen LogP contribution in [0.2, 0.25) is 0 Å². The number of amides is 1.